The maximum Gasteiger partial charge on any atom is 0.223 e. The Morgan fingerprint density at radius 2 is 1.63 bits per heavy atom. The summed E-state index contributed by atoms with van der Waals surface area (Å²) in [6.45, 7) is 7.54. The number of amides is 1. The highest BCUT2D eigenvalue weighted by atomic mass is 16.5. The van der Waals surface area contributed by atoms with E-state index in [1.165, 1.54) is 0 Å². The van der Waals surface area contributed by atoms with Crippen LogP contribution in [0.2, 0.25) is 0 Å². The summed E-state index contributed by atoms with van der Waals surface area (Å²) in [5, 5.41) is 0. The minimum Gasteiger partial charge on any atom is -0.497 e. The number of Topliss-reactive ketones (excluding diaryl/α,β-unsaturated/α-hetero) is 1. The molecular weight excluding hydrogens is 520 g/mol. The highest BCUT2D eigenvalue weighted by molar-refractivity contribution is 6.10. The number of methoxy groups -OCH3 is 1. The number of nitrogens with zero attached hydrogens (tertiary/aromatic N) is 2. The van der Waals surface area contributed by atoms with Crippen molar-refractivity contribution in [3.63, 3.8) is 0 Å². The second-order valence-electron chi connectivity index (χ2n) is 11.5. The molecule has 0 spiro atoms. The SMILES string of the molecule is COc1ccc(C(=O)c2c(CC(C)(C)C(N)=O)cc3cc(C(=O)C(C)(C)COCc4cccc(N)n4)ccn23)cc1. The topological polar surface area (TPSA) is 139 Å². The third kappa shape index (κ3) is 6.47. The molecule has 3 aromatic heterocycles. The first-order chi connectivity index (χ1) is 19.3. The fourth-order valence-corrected chi connectivity index (χ4v) is 4.65. The summed E-state index contributed by atoms with van der Waals surface area (Å²) < 4.78 is 12.8. The molecule has 0 saturated carbocycles. The Kier molecular flexibility index (Phi) is 8.30. The van der Waals surface area contributed by atoms with Crippen LogP contribution in [0.15, 0.2) is 66.9 Å². The van der Waals surface area contributed by atoms with Crippen molar-refractivity contribution in [3.8, 4) is 5.75 Å². The van der Waals surface area contributed by atoms with Gasteiger partial charge in [0.15, 0.2) is 5.78 Å². The van der Waals surface area contributed by atoms with Gasteiger partial charge in [0.25, 0.3) is 0 Å². The number of nitrogens with two attached hydrogens (primary N) is 2. The first kappa shape index (κ1) is 29.5. The number of ketones is 2. The van der Waals surface area contributed by atoms with E-state index in [0.717, 1.165) is 0 Å². The maximum absolute atomic E-state index is 13.8. The number of benzene rings is 1. The lowest BCUT2D eigenvalue weighted by atomic mass is 9.84. The predicted octanol–water partition coefficient (Wildman–Crippen LogP) is 4.64. The zero-order valence-electron chi connectivity index (χ0n) is 24.1. The summed E-state index contributed by atoms with van der Waals surface area (Å²) in [4.78, 5) is 43.7. The van der Waals surface area contributed by atoms with Crippen LogP contribution < -0.4 is 16.2 Å². The largest absolute Gasteiger partial charge is 0.497 e. The molecule has 0 aliphatic carbocycles. The number of ether oxygens (including phenoxy) is 2. The van der Waals surface area contributed by atoms with Gasteiger partial charge in [-0.05, 0) is 66.6 Å². The summed E-state index contributed by atoms with van der Waals surface area (Å²) >= 11 is 0. The monoisotopic (exact) mass is 556 g/mol. The Hall–Kier alpha value is -4.50. The third-order valence-corrected chi connectivity index (χ3v) is 7.14. The average Bonchev–Trinajstić information content (AvgIpc) is 3.28. The molecule has 0 aliphatic heterocycles. The molecule has 214 valence electrons. The van der Waals surface area contributed by atoms with Crippen LogP contribution in [0.3, 0.4) is 0 Å². The lowest BCUT2D eigenvalue weighted by Gasteiger charge is -2.23. The Labute approximate surface area is 239 Å². The van der Waals surface area contributed by atoms with Crippen molar-refractivity contribution in [1.82, 2.24) is 9.38 Å². The van der Waals surface area contributed by atoms with E-state index in [1.54, 1.807) is 80.1 Å². The summed E-state index contributed by atoms with van der Waals surface area (Å²) in [5.41, 5.74) is 13.0. The lowest BCUT2D eigenvalue weighted by molar-refractivity contribution is -0.125. The van der Waals surface area contributed by atoms with E-state index < -0.39 is 16.7 Å². The molecule has 1 amide bonds. The molecule has 1 aromatic carbocycles. The smallest absolute Gasteiger partial charge is 0.223 e. The van der Waals surface area contributed by atoms with Crippen molar-refractivity contribution in [3.05, 3.63) is 94.9 Å². The summed E-state index contributed by atoms with van der Waals surface area (Å²) in [5.74, 6) is 0.247. The number of hydrogen-bond acceptors (Lipinski definition) is 7. The normalized spacial score (nSPS) is 11.9. The van der Waals surface area contributed by atoms with Crippen molar-refractivity contribution in [2.24, 2.45) is 16.6 Å². The van der Waals surface area contributed by atoms with Gasteiger partial charge in [-0.15, -0.1) is 0 Å². The van der Waals surface area contributed by atoms with E-state index in [1.807, 2.05) is 26.0 Å². The second-order valence-corrected chi connectivity index (χ2v) is 11.5. The molecule has 0 aliphatic rings. The van der Waals surface area contributed by atoms with E-state index in [0.29, 0.717) is 45.2 Å². The van der Waals surface area contributed by atoms with Crippen molar-refractivity contribution in [1.29, 1.82) is 0 Å². The number of aromatic nitrogens is 2. The van der Waals surface area contributed by atoms with Crippen molar-refractivity contribution >= 4 is 28.8 Å². The summed E-state index contributed by atoms with van der Waals surface area (Å²) in [6, 6.07) is 17.5. The predicted molar refractivity (Wildman–Crippen MR) is 157 cm³/mol. The standard InChI is InChI=1S/C32H36N4O5/c1-31(2,30(34)39)17-22-16-24-15-21(29(38)32(3,4)19-41-18-23-7-6-8-26(33)35-23)13-14-36(24)27(22)28(37)20-9-11-25(40-5)12-10-20/h6-16H,17-19H2,1-5H3,(H2,33,35)(H2,34,39). The number of nitrogen functional groups attached to an aromatic ring is 1. The molecular formula is C32H36N4O5. The Morgan fingerprint density at radius 3 is 2.27 bits per heavy atom. The van der Waals surface area contributed by atoms with Crippen LogP contribution in [0.4, 0.5) is 5.82 Å². The molecule has 0 atom stereocenters. The van der Waals surface area contributed by atoms with E-state index in [2.05, 4.69) is 4.98 Å². The molecule has 0 saturated heterocycles. The van der Waals surface area contributed by atoms with Crippen LogP contribution in [-0.4, -0.2) is 40.6 Å². The molecule has 0 unspecified atom stereocenters. The minimum atomic E-state index is -0.893. The van der Waals surface area contributed by atoms with E-state index >= 15 is 0 Å². The third-order valence-electron chi connectivity index (χ3n) is 7.14. The average molecular weight is 557 g/mol. The highest BCUT2D eigenvalue weighted by Gasteiger charge is 2.32. The molecule has 9 nitrogen and oxygen atoms in total. The molecule has 9 heteroatoms. The second kappa shape index (κ2) is 11.5. The Bertz CT molecular complexity index is 1600. The van der Waals surface area contributed by atoms with E-state index in [-0.39, 0.29) is 31.2 Å². The fraction of sp³-hybridized carbons (Fsp3) is 0.312. The number of carbonyl (C=O) groups excluding carboxylic acids is 3. The van der Waals surface area contributed by atoms with Crippen LogP contribution >= 0.6 is 0 Å². The van der Waals surface area contributed by atoms with Crippen LogP contribution in [0.25, 0.3) is 5.52 Å². The molecule has 3 heterocycles. The number of primary amides is 1. The van der Waals surface area contributed by atoms with Gasteiger partial charge in [-0.3, -0.25) is 14.4 Å². The number of pyridine rings is 2. The number of anilines is 1. The van der Waals surface area contributed by atoms with Crippen LogP contribution in [0, 0.1) is 10.8 Å². The zero-order valence-corrected chi connectivity index (χ0v) is 24.1. The fourth-order valence-electron chi connectivity index (χ4n) is 4.65. The van der Waals surface area contributed by atoms with Crippen molar-refractivity contribution in [2.45, 2.75) is 40.7 Å². The highest BCUT2D eigenvalue weighted by Crippen LogP contribution is 2.30. The summed E-state index contributed by atoms with van der Waals surface area (Å²) in [7, 11) is 1.56. The van der Waals surface area contributed by atoms with Gasteiger partial charge < -0.3 is 25.3 Å². The van der Waals surface area contributed by atoms with Crippen LogP contribution in [0.1, 0.15) is 65.4 Å². The number of hydrogen-bond donors (Lipinski definition) is 2. The first-order valence-corrected chi connectivity index (χ1v) is 13.3. The quantitative estimate of drug-likeness (QED) is 0.242. The molecule has 0 radical (unpaired) electrons. The van der Waals surface area contributed by atoms with Gasteiger partial charge in [-0.25, -0.2) is 4.98 Å². The van der Waals surface area contributed by atoms with Gasteiger partial charge in [0.1, 0.15) is 11.6 Å². The van der Waals surface area contributed by atoms with Crippen molar-refractivity contribution in [2.75, 3.05) is 19.5 Å². The Morgan fingerprint density at radius 1 is 0.927 bits per heavy atom. The molecule has 0 bridgehead atoms. The summed E-state index contributed by atoms with van der Waals surface area (Å²) in [6.07, 6.45) is 1.97. The van der Waals surface area contributed by atoms with E-state index in [4.69, 9.17) is 20.9 Å². The van der Waals surface area contributed by atoms with Gasteiger partial charge in [0.2, 0.25) is 11.7 Å². The Balaban J connectivity index is 1.65. The number of fused-ring (bicyclic) bond motifs is 1. The lowest BCUT2D eigenvalue weighted by Crippen LogP contribution is -2.33. The van der Waals surface area contributed by atoms with Gasteiger partial charge in [-0.2, -0.15) is 0 Å². The molecule has 4 aromatic rings. The molecule has 4 N–H and O–H groups in total. The minimum absolute atomic E-state index is 0.108. The maximum atomic E-state index is 13.8. The van der Waals surface area contributed by atoms with Crippen LogP contribution in [0.5, 0.6) is 5.75 Å². The number of carbonyl (C=O) groups is 3. The van der Waals surface area contributed by atoms with Gasteiger partial charge in [0, 0.05) is 28.3 Å². The molecule has 41 heavy (non-hydrogen) atoms. The van der Waals surface area contributed by atoms with Crippen LogP contribution in [-0.2, 0) is 22.6 Å². The first-order valence-electron chi connectivity index (χ1n) is 13.3. The van der Waals surface area contributed by atoms with E-state index in [9.17, 15) is 14.4 Å². The van der Waals surface area contributed by atoms with Gasteiger partial charge in [0.05, 0.1) is 37.1 Å². The van der Waals surface area contributed by atoms with Gasteiger partial charge >= 0.3 is 0 Å². The zero-order chi connectivity index (χ0) is 29.9. The molecule has 0 fully saturated rings. The molecule has 4 rings (SSSR count). The number of rotatable bonds is 12. The van der Waals surface area contributed by atoms with Gasteiger partial charge in [-0.1, -0.05) is 33.8 Å². The van der Waals surface area contributed by atoms with Crippen molar-refractivity contribution < 1.29 is 23.9 Å².